The first-order valence-electron chi connectivity index (χ1n) is 6.16. The second kappa shape index (κ2) is 4.81. The first kappa shape index (κ1) is 11.4. The van der Waals surface area contributed by atoms with E-state index in [1.165, 1.54) is 19.3 Å². The standard InChI is InChI=1S/C12H23NO2/c1-12(8-15-9-12)7-13-6-10-4-2-3-5-11(10)14/h10-11,13-14H,2-9H2,1H3. The van der Waals surface area contributed by atoms with Crippen LogP contribution in [-0.4, -0.2) is 37.5 Å². The molecule has 1 saturated heterocycles. The van der Waals surface area contributed by atoms with E-state index in [0.717, 1.165) is 32.7 Å². The van der Waals surface area contributed by atoms with E-state index in [2.05, 4.69) is 12.2 Å². The fourth-order valence-electron chi connectivity index (χ4n) is 2.54. The van der Waals surface area contributed by atoms with E-state index in [0.29, 0.717) is 11.3 Å². The van der Waals surface area contributed by atoms with E-state index in [-0.39, 0.29) is 6.10 Å². The van der Waals surface area contributed by atoms with E-state index in [9.17, 15) is 5.11 Å². The van der Waals surface area contributed by atoms with Gasteiger partial charge in [0.25, 0.3) is 0 Å². The lowest BCUT2D eigenvalue weighted by atomic mass is 9.85. The second-order valence-corrected chi connectivity index (χ2v) is 5.55. The highest BCUT2D eigenvalue weighted by Gasteiger charge is 2.33. The summed E-state index contributed by atoms with van der Waals surface area (Å²) in [6.07, 6.45) is 4.58. The molecule has 2 rings (SSSR count). The minimum absolute atomic E-state index is 0.0725. The summed E-state index contributed by atoms with van der Waals surface area (Å²) in [5, 5.41) is 13.3. The Labute approximate surface area is 92.2 Å². The average molecular weight is 213 g/mol. The van der Waals surface area contributed by atoms with Crippen molar-refractivity contribution in [1.29, 1.82) is 0 Å². The minimum atomic E-state index is -0.0725. The Morgan fingerprint density at radius 1 is 1.33 bits per heavy atom. The van der Waals surface area contributed by atoms with Crippen molar-refractivity contribution in [3.05, 3.63) is 0 Å². The van der Waals surface area contributed by atoms with E-state index in [4.69, 9.17) is 4.74 Å². The maximum Gasteiger partial charge on any atom is 0.0580 e. The third-order valence-corrected chi connectivity index (χ3v) is 3.73. The smallest absolute Gasteiger partial charge is 0.0580 e. The Morgan fingerprint density at radius 2 is 2.07 bits per heavy atom. The summed E-state index contributed by atoms with van der Waals surface area (Å²) in [7, 11) is 0. The molecule has 2 N–H and O–H groups in total. The van der Waals surface area contributed by atoms with Crippen molar-refractivity contribution in [3.63, 3.8) is 0 Å². The van der Waals surface area contributed by atoms with Gasteiger partial charge in [0.2, 0.25) is 0 Å². The predicted molar refractivity (Wildman–Crippen MR) is 59.8 cm³/mol. The fourth-order valence-corrected chi connectivity index (χ4v) is 2.54. The van der Waals surface area contributed by atoms with Crippen LogP contribution in [0.2, 0.25) is 0 Å². The molecule has 2 atom stereocenters. The van der Waals surface area contributed by atoms with Gasteiger partial charge in [0.05, 0.1) is 19.3 Å². The molecular formula is C12H23NO2. The molecule has 0 aromatic heterocycles. The quantitative estimate of drug-likeness (QED) is 0.736. The van der Waals surface area contributed by atoms with Gasteiger partial charge in [-0.1, -0.05) is 19.8 Å². The molecule has 0 aromatic carbocycles. The zero-order valence-electron chi connectivity index (χ0n) is 9.67. The van der Waals surface area contributed by atoms with Crippen molar-refractivity contribution in [2.75, 3.05) is 26.3 Å². The number of aliphatic hydroxyl groups excluding tert-OH is 1. The average Bonchev–Trinajstić information content (AvgIpc) is 2.18. The summed E-state index contributed by atoms with van der Waals surface area (Å²) in [5.41, 5.74) is 0.347. The highest BCUT2D eigenvalue weighted by atomic mass is 16.5. The zero-order chi connectivity index (χ0) is 10.7. The molecule has 2 unspecified atom stereocenters. The van der Waals surface area contributed by atoms with Crippen LogP contribution in [-0.2, 0) is 4.74 Å². The van der Waals surface area contributed by atoms with Gasteiger partial charge in [-0.2, -0.15) is 0 Å². The number of hydrogen-bond acceptors (Lipinski definition) is 3. The number of ether oxygens (including phenoxy) is 1. The third kappa shape index (κ3) is 2.92. The van der Waals surface area contributed by atoms with Crippen LogP contribution in [0.1, 0.15) is 32.6 Å². The van der Waals surface area contributed by atoms with E-state index < -0.39 is 0 Å². The molecule has 1 aliphatic carbocycles. The van der Waals surface area contributed by atoms with Gasteiger partial charge in [-0.15, -0.1) is 0 Å². The number of hydrogen-bond donors (Lipinski definition) is 2. The highest BCUT2D eigenvalue weighted by Crippen LogP contribution is 2.26. The van der Waals surface area contributed by atoms with Crippen molar-refractivity contribution in [2.45, 2.75) is 38.7 Å². The van der Waals surface area contributed by atoms with Gasteiger partial charge in [0.15, 0.2) is 0 Å². The SMILES string of the molecule is CC1(CNCC2CCCCC2O)COC1. The summed E-state index contributed by atoms with van der Waals surface area (Å²) < 4.78 is 5.21. The summed E-state index contributed by atoms with van der Waals surface area (Å²) in [6.45, 7) is 6.01. The van der Waals surface area contributed by atoms with Crippen molar-refractivity contribution in [1.82, 2.24) is 5.32 Å². The maximum absolute atomic E-state index is 9.80. The van der Waals surface area contributed by atoms with Crippen LogP contribution in [0.15, 0.2) is 0 Å². The molecule has 2 fully saturated rings. The number of rotatable bonds is 4. The Balaban J connectivity index is 1.64. The second-order valence-electron chi connectivity index (χ2n) is 5.55. The van der Waals surface area contributed by atoms with Crippen molar-refractivity contribution in [3.8, 4) is 0 Å². The maximum atomic E-state index is 9.80. The van der Waals surface area contributed by atoms with Gasteiger partial charge in [-0.25, -0.2) is 0 Å². The van der Waals surface area contributed by atoms with Gasteiger partial charge in [-0.3, -0.25) is 0 Å². The topological polar surface area (TPSA) is 41.5 Å². The van der Waals surface area contributed by atoms with Crippen LogP contribution in [0.5, 0.6) is 0 Å². The van der Waals surface area contributed by atoms with E-state index in [1.54, 1.807) is 0 Å². The first-order chi connectivity index (χ1) is 7.20. The van der Waals surface area contributed by atoms with Gasteiger partial charge in [-0.05, 0) is 18.8 Å². The molecule has 0 radical (unpaired) electrons. The van der Waals surface area contributed by atoms with E-state index in [1.807, 2.05) is 0 Å². The van der Waals surface area contributed by atoms with E-state index >= 15 is 0 Å². The summed E-state index contributed by atoms with van der Waals surface area (Å²) in [5.74, 6) is 0.475. The van der Waals surface area contributed by atoms with Crippen molar-refractivity contribution >= 4 is 0 Å². The van der Waals surface area contributed by atoms with Crippen molar-refractivity contribution < 1.29 is 9.84 Å². The molecule has 0 amide bonds. The summed E-state index contributed by atoms with van der Waals surface area (Å²) in [4.78, 5) is 0. The highest BCUT2D eigenvalue weighted by molar-refractivity contribution is 4.84. The first-order valence-corrected chi connectivity index (χ1v) is 6.16. The van der Waals surface area contributed by atoms with Crippen LogP contribution in [0.3, 0.4) is 0 Å². The Kier molecular flexibility index (Phi) is 3.65. The molecule has 3 heteroatoms. The lowest BCUT2D eigenvalue weighted by Gasteiger charge is -2.39. The molecule has 2 aliphatic rings. The summed E-state index contributed by atoms with van der Waals surface area (Å²) in [6, 6.07) is 0. The molecule has 3 nitrogen and oxygen atoms in total. The minimum Gasteiger partial charge on any atom is -0.393 e. The Morgan fingerprint density at radius 3 is 2.67 bits per heavy atom. The number of nitrogens with one attached hydrogen (secondary N) is 1. The molecule has 1 heterocycles. The lowest BCUT2D eigenvalue weighted by molar-refractivity contribution is -0.0997. The van der Waals surface area contributed by atoms with Gasteiger partial charge < -0.3 is 15.2 Å². The summed E-state index contributed by atoms with van der Waals surface area (Å²) >= 11 is 0. The molecule has 1 aliphatic heterocycles. The molecule has 0 bridgehead atoms. The molecule has 88 valence electrons. The monoisotopic (exact) mass is 213 g/mol. The lowest BCUT2D eigenvalue weighted by Crippen LogP contribution is -2.48. The molecule has 0 aromatic rings. The van der Waals surface area contributed by atoms with Crippen LogP contribution in [0.4, 0.5) is 0 Å². The van der Waals surface area contributed by atoms with Gasteiger partial charge in [0.1, 0.15) is 0 Å². The van der Waals surface area contributed by atoms with Gasteiger partial charge >= 0.3 is 0 Å². The Bertz CT molecular complexity index is 204. The predicted octanol–water partition coefficient (Wildman–Crippen LogP) is 1.16. The number of aliphatic hydroxyl groups is 1. The fraction of sp³-hybridized carbons (Fsp3) is 1.00. The molecule has 15 heavy (non-hydrogen) atoms. The van der Waals surface area contributed by atoms with Crippen molar-refractivity contribution in [2.24, 2.45) is 11.3 Å². The normalized spacial score (nSPS) is 34.8. The van der Waals surface area contributed by atoms with Crippen LogP contribution in [0, 0.1) is 11.3 Å². The molecule has 1 saturated carbocycles. The van der Waals surface area contributed by atoms with Crippen LogP contribution < -0.4 is 5.32 Å². The van der Waals surface area contributed by atoms with Crippen LogP contribution in [0.25, 0.3) is 0 Å². The van der Waals surface area contributed by atoms with Crippen LogP contribution >= 0.6 is 0 Å². The Hall–Kier alpha value is -0.120. The molecule has 0 spiro atoms. The molecular weight excluding hydrogens is 190 g/mol. The zero-order valence-corrected chi connectivity index (χ0v) is 9.67. The van der Waals surface area contributed by atoms with Gasteiger partial charge in [0, 0.05) is 18.5 Å². The third-order valence-electron chi connectivity index (χ3n) is 3.73. The largest absolute Gasteiger partial charge is 0.393 e.